The van der Waals surface area contributed by atoms with Gasteiger partial charge in [-0.25, -0.2) is 4.79 Å². The van der Waals surface area contributed by atoms with Crippen molar-refractivity contribution in [3.63, 3.8) is 0 Å². The maximum absolute atomic E-state index is 12.2. The standard InChI is InChI=1S/C18H20N2O4S2/c1-22-10-7-8-13(23-2)12(9-10)19-18(25)20-16-15(17(21)24-3)11-5-4-6-14(11)26-16/h7-9H,4-6H2,1-3H3,(H2,19,20,25). The monoisotopic (exact) mass is 392 g/mol. The van der Waals surface area contributed by atoms with E-state index in [-0.39, 0.29) is 5.97 Å². The molecule has 0 saturated heterocycles. The molecule has 0 aliphatic heterocycles. The van der Waals surface area contributed by atoms with Crippen LogP contribution in [0.2, 0.25) is 0 Å². The number of carbonyl (C=O) groups excluding carboxylic acids is 1. The second-order valence-corrected chi connectivity index (χ2v) is 7.21. The van der Waals surface area contributed by atoms with Gasteiger partial charge in [0.2, 0.25) is 0 Å². The molecule has 1 aliphatic carbocycles. The summed E-state index contributed by atoms with van der Waals surface area (Å²) in [5.74, 6) is 0.979. The molecule has 8 heteroatoms. The summed E-state index contributed by atoms with van der Waals surface area (Å²) in [7, 11) is 4.57. The first-order chi connectivity index (χ1) is 12.6. The van der Waals surface area contributed by atoms with Gasteiger partial charge in [0, 0.05) is 10.9 Å². The molecule has 0 bridgehead atoms. The molecular formula is C18H20N2O4S2. The van der Waals surface area contributed by atoms with Crippen LogP contribution in [0, 0.1) is 0 Å². The summed E-state index contributed by atoms with van der Waals surface area (Å²) in [6.07, 6.45) is 2.94. The molecule has 2 N–H and O–H groups in total. The summed E-state index contributed by atoms with van der Waals surface area (Å²) in [6.45, 7) is 0. The summed E-state index contributed by atoms with van der Waals surface area (Å²) in [4.78, 5) is 13.4. The van der Waals surface area contributed by atoms with Crippen LogP contribution in [0.3, 0.4) is 0 Å². The largest absolute Gasteiger partial charge is 0.497 e. The summed E-state index contributed by atoms with van der Waals surface area (Å²) >= 11 is 6.98. The summed E-state index contributed by atoms with van der Waals surface area (Å²) in [5.41, 5.74) is 2.34. The predicted molar refractivity (Wildman–Crippen MR) is 107 cm³/mol. The maximum Gasteiger partial charge on any atom is 0.341 e. The van der Waals surface area contributed by atoms with Crippen molar-refractivity contribution in [2.45, 2.75) is 19.3 Å². The zero-order chi connectivity index (χ0) is 18.7. The lowest BCUT2D eigenvalue weighted by atomic mass is 10.1. The number of esters is 1. The topological polar surface area (TPSA) is 68.8 Å². The molecule has 2 aromatic rings. The molecule has 0 unspecified atom stereocenters. The number of thiocarbonyl (C=S) groups is 1. The molecule has 6 nitrogen and oxygen atoms in total. The van der Waals surface area contributed by atoms with E-state index >= 15 is 0 Å². The SMILES string of the molecule is COC(=O)c1c(NC(=S)Nc2cc(OC)ccc2OC)sc2c1CCC2. The summed E-state index contributed by atoms with van der Waals surface area (Å²) < 4.78 is 15.5. The van der Waals surface area contributed by atoms with Gasteiger partial charge >= 0.3 is 5.97 Å². The van der Waals surface area contributed by atoms with Crippen molar-refractivity contribution in [3.8, 4) is 11.5 Å². The van der Waals surface area contributed by atoms with Gasteiger partial charge in [0.15, 0.2) is 5.11 Å². The number of rotatable bonds is 5. The Morgan fingerprint density at radius 3 is 2.65 bits per heavy atom. The smallest absolute Gasteiger partial charge is 0.341 e. The van der Waals surface area contributed by atoms with Gasteiger partial charge in [-0.3, -0.25) is 0 Å². The van der Waals surface area contributed by atoms with E-state index in [4.69, 9.17) is 26.4 Å². The second kappa shape index (κ2) is 7.92. The number of nitrogens with one attached hydrogen (secondary N) is 2. The number of thiophene rings is 1. The number of benzene rings is 1. The van der Waals surface area contributed by atoms with Crippen LogP contribution >= 0.6 is 23.6 Å². The fourth-order valence-corrected chi connectivity index (χ4v) is 4.54. The van der Waals surface area contributed by atoms with Crippen molar-refractivity contribution in [1.29, 1.82) is 0 Å². The number of aryl methyl sites for hydroxylation is 1. The van der Waals surface area contributed by atoms with Gasteiger partial charge < -0.3 is 24.8 Å². The Balaban J connectivity index is 1.82. The molecule has 0 fully saturated rings. The van der Waals surface area contributed by atoms with Crippen LogP contribution < -0.4 is 20.1 Å². The Labute approximate surface area is 161 Å². The predicted octanol–water partition coefficient (Wildman–Crippen LogP) is 3.85. The molecule has 0 saturated carbocycles. The van der Waals surface area contributed by atoms with E-state index in [0.717, 1.165) is 24.8 Å². The van der Waals surface area contributed by atoms with E-state index in [1.807, 2.05) is 0 Å². The molecule has 3 rings (SSSR count). The Morgan fingerprint density at radius 1 is 1.15 bits per heavy atom. The van der Waals surface area contributed by atoms with Gasteiger partial charge in [0.05, 0.1) is 32.6 Å². The highest BCUT2D eigenvalue weighted by Gasteiger charge is 2.27. The van der Waals surface area contributed by atoms with Gasteiger partial charge in [-0.2, -0.15) is 0 Å². The lowest BCUT2D eigenvalue weighted by Gasteiger charge is -2.14. The lowest BCUT2D eigenvalue weighted by Crippen LogP contribution is -2.20. The molecule has 0 radical (unpaired) electrons. The number of hydrogen-bond acceptors (Lipinski definition) is 6. The molecule has 0 amide bonds. The molecule has 1 aromatic carbocycles. The molecule has 1 heterocycles. The normalized spacial score (nSPS) is 12.3. The number of fused-ring (bicyclic) bond motifs is 1. The van der Waals surface area contributed by atoms with Crippen LogP contribution in [-0.2, 0) is 17.6 Å². The van der Waals surface area contributed by atoms with Crippen LogP contribution in [0.15, 0.2) is 18.2 Å². The van der Waals surface area contributed by atoms with Crippen molar-refractivity contribution in [2.24, 2.45) is 0 Å². The van der Waals surface area contributed by atoms with Crippen LogP contribution in [-0.4, -0.2) is 32.4 Å². The quantitative estimate of drug-likeness (QED) is 0.592. The fraction of sp³-hybridized carbons (Fsp3) is 0.333. The fourth-order valence-electron chi connectivity index (χ4n) is 2.98. The van der Waals surface area contributed by atoms with Crippen molar-refractivity contribution in [3.05, 3.63) is 34.2 Å². The zero-order valence-corrected chi connectivity index (χ0v) is 16.4. The van der Waals surface area contributed by atoms with Crippen LogP contribution in [0.4, 0.5) is 10.7 Å². The Morgan fingerprint density at radius 2 is 1.96 bits per heavy atom. The van der Waals surface area contributed by atoms with Crippen molar-refractivity contribution in [1.82, 2.24) is 0 Å². The van der Waals surface area contributed by atoms with Gasteiger partial charge in [-0.15, -0.1) is 11.3 Å². The third-order valence-electron chi connectivity index (χ3n) is 4.19. The van der Waals surface area contributed by atoms with Crippen LogP contribution in [0.25, 0.3) is 0 Å². The summed E-state index contributed by atoms with van der Waals surface area (Å²) in [6, 6.07) is 5.39. The van der Waals surface area contributed by atoms with E-state index in [0.29, 0.717) is 32.9 Å². The average molecular weight is 393 g/mol. The van der Waals surface area contributed by atoms with Crippen molar-refractivity contribution in [2.75, 3.05) is 32.0 Å². The minimum absolute atomic E-state index is 0.339. The molecule has 0 spiro atoms. The molecule has 26 heavy (non-hydrogen) atoms. The van der Waals surface area contributed by atoms with Crippen LogP contribution in [0.1, 0.15) is 27.2 Å². The number of anilines is 2. The minimum atomic E-state index is -0.339. The molecule has 0 atom stereocenters. The summed E-state index contributed by atoms with van der Waals surface area (Å²) in [5, 5.41) is 7.31. The van der Waals surface area contributed by atoms with Crippen molar-refractivity contribution >= 4 is 45.3 Å². The first-order valence-corrected chi connectivity index (χ1v) is 9.32. The first kappa shape index (κ1) is 18.5. The first-order valence-electron chi connectivity index (χ1n) is 8.10. The minimum Gasteiger partial charge on any atom is -0.497 e. The maximum atomic E-state index is 12.2. The van der Waals surface area contributed by atoms with Crippen molar-refractivity contribution < 1.29 is 19.0 Å². The highest BCUT2D eigenvalue weighted by Crippen LogP contribution is 2.39. The molecular weight excluding hydrogens is 372 g/mol. The molecule has 1 aromatic heterocycles. The Bertz CT molecular complexity index is 848. The van der Waals surface area contributed by atoms with Crippen LogP contribution in [0.5, 0.6) is 11.5 Å². The average Bonchev–Trinajstić information content (AvgIpc) is 3.21. The molecule has 138 valence electrons. The number of carbonyl (C=O) groups is 1. The number of methoxy groups -OCH3 is 3. The lowest BCUT2D eigenvalue weighted by molar-refractivity contribution is 0.0601. The van der Waals surface area contributed by atoms with E-state index in [9.17, 15) is 4.79 Å². The van der Waals surface area contributed by atoms with E-state index in [1.165, 1.54) is 12.0 Å². The van der Waals surface area contributed by atoms with E-state index < -0.39 is 0 Å². The second-order valence-electron chi connectivity index (χ2n) is 5.70. The zero-order valence-electron chi connectivity index (χ0n) is 14.8. The molecule has 1 aliphatic rings. The Hall–Kier alpha value is -2.32. The Kier molecular flexibility index (Phi) is 5.63. The highest BCUT2D eigenvalue weighted by atomic mass is 32.1. The van der Waals surface area contributed by atoms with E-state index in [2.05, 4.69) is 10.6 Å². The highest BCUT2D eigenvalue weighted by molar-refractivity contribution is 7.80. The third-order valence-corrected chi connectivity index (χ3v) is 5.60. The van der Waals surface area contributed by atoms with Gasteiger partial charge in [0.1, 0.15) is 16.5 Å². The third kappa shape index (κ3) is 3.61. The number of ether oxygens (including phenoxy) is 3. The van der Waals surface area contributed by atoms with Gasteiger partial charge in [-0.05, 0) is 49.2 Å². The van der Waals surface area contributed by atoms with E-state index in [1.54, 1.807) is 43.8 Å². The van der Waals surface area contributed by atoms with Gasteiger partial charge in [-0.1, -0.05) is 0 Å². The number of hydrogen-bond donors (Lipinski definition) is 2. The van der Waals surface area contributed by atoms with Gasteiger partial charge in [0.25, 0.3) is 0 Å².